The average Bonchev–Trinajstić information content (AvgIpc) is 3.15. The van der Waals surface area contributed by atoms with Crippen LogP contribution >= 0.6 is 11.6 Å². The molecule has 138 valence electrons. The van der Waals surface area contributed by atoms with Gasteiger partial charge in [-0.25, -0.2) is 0 Å². The molecule has 0 radical (unpaired) electrons. The normalized spacial score (nSPS) is 10.2. The monoisotopic (exact) mass is 392 g/mol. The number of methoxy groups -OCH3 is 1. The van der Waals surface area contributed by atoms with Crippen molar-refractivity contribution in [1.29, 1.82) is 0 Å². The van der Waals surface area contributed by atoms with Gasteiger partial charge in [-0.15, -0.1) is 0 Å². The molecule has 6 heteroatoms. The fraction of sp³-hybridized carbons (Fsp3) is 0.200. The molecule has 26 heavy (non-hydrogen) atoms. The van der Waals surface area contributed by atoms with E-state index in [1.807, 2.05) is 54.6 Å². The molecule has 0 spiro atoms. The van der Waals surface area contributed by atoms with Crippen LogP contribution in [0.3, 0.4) is 0 Å². The molecule has 4 nitrogen and oxygen atoms in total. The van der Waals surface area contributed by atoms with Crippen LogP contribution in [0.25, 0.3) is 0 Å². The van der Waals surface area contributed by atoms with Crippen molar-refractivity contribution in [3.8, 4) is 11.5 Å². The Morgan fingerprint density at radius 2 is 1.85 bits per heavy atom. The Bertz CT molecular complexity index is 807. The first-order chi connectivity index (χ1) is 12.3. The third kappa shape index (κ3) is 5.43. The summed E-state index contributed by atoms with van der Waals surface area (Å²) in [5, 5.41) is 4.03. The third-order valence-corrected chi connectivity index (χ3v) is 4.15. The largest absolute Gasteiger partial charge is 1.00 e. The third-order valence-electron chi connectivity index (χ3n) is 3.78. The highest BCUT2D eigenvalue weighted by Crippen LogP contribution is 2.29. The Morgan fingerprint density at radius 3 is 2.58 bits per heavy atom. The van der Waals surface area contributed by atoms with E-state index in [1.165, 1.54) is 0 Å². The molecule has 0 fully saturated rings. The summed E-state index contributed by atoms with van der Waals surface area (Å²) in [6, 6.07) is 17.4. The molecule has 1 heterocycles. The second-order valence-corrected chi connectivity index (χ2v) is 5.96. The minimum atomic E-state index is 0. The molecule has 0 atom stereocenters. The van der Waals surface area contributed by atoms with Gasteiger partial charge in [0.15, 0.2) is 11.5 Å². The summed E-state index contributed by atoms with van der Waals surface area (Å²) in [4.78, 5) is 0. The van der Waals surface area contributed by atoms with E-state index < -0.39 is 0 Å². The zero-order chi connectivity index (χ0) is 17.5. The molecule has 0 aliphatic heterocycles. The first-order valence-electron chi connectivity index (χ1n) is 8.02. The van der Waals surface area contributed by atoms with Crippen LogP contribution in [0.4, 0.5) is 0 Å². The van der Waals surface area contributed by atoms with Crippen LogP contribution in [-0.2, 0) is 19.7 Å². The van der Waals surface area contributed by atoms with Gasteiger partial charge in [-0.1, -0.05) is 35.9 Å². The van der Waals surface area contributed by atoms with Crippen molar-refractivity contribution in [3.05, 3.63) is 82.8 Å². The van der Waals surface area contributed by atoms with Crippen LogP contribution in [0, 0.1) is 0 Å². The van der Waals surface area contributed by atoms with E-state index in [0.717, 1.165) is 16.9 Å². The topological polar surface area (TPSA) is 43.6 Å². The number of hydrogen-bond acceptors (Lipinski definition) is 4. The quantitative estimate of drug-likeness (QED) is 0.634. The van der Waals surface area contributed by atoms with Gasteiger partial charge in [0.05, 0.1) is 19.9 Å². The molecule has 0 amide bonds. The minimum absolute atomic E-state index is 0. The minimum Gasteiger partial charge on any atom is -1.00 e. The van der Waals surface area contributed by atoms with Crippen molar-refractivity contribution in [2.75, 3.05) is 7.11 Å². The van der Waals surface area contributed by atoms with Crippen LogP contribution in [0.15, 0.2) is 65.3 Å². The number of halogens is 2. The number of benzene rings is 2. The van der Waals surface area contributed by atoms with Gasteiger partial charge in [-0.3, -0.25) is 0 Å². The van der Waals surface area contributed by atoms with Crippen LogP contribution in [0.2, 0.25) is 5.02 Å². The van der Waals surface area contributed by atoms with Crippen LogP contribution in [-0.4, -0.2) is 7.11 Å². The van der Waals surface area contributed by atoms with Gasteiger partial charge in [0.1, 0.15) is 12.4 Å². The maximum atomic E-state index is 6.16. The second-order valence-electron chi connectivity index (χ2n) is 5.55. The van der Waals surface area contributed by atoms with E-state index in [9.17, 15) is 0 Å². The molecule has 1 aromatic heterocycles. The molecular formula is C20H20Cl2NO3-. The molecule has 3 aromatic rings. The zero-order valence-electron chi connectivity index (χ0n) is 14.4. The van der Waals surface area contributed by atoms with Crippen molar-refractivity contribution in [3.63, 3.8) is 0 Å². The lowest BCUT2D eigenvalue weighted by atomic mass is 10.2. The summed E-state index contributed by atoms with van der Waals surface area (Å²) in [6.45, 7) is 1.79. The Labute approximate surface area is 164 Å². The fourth-order valence-electron chi connectivity index (χ4n) is 2.46. The highest BCUT2D eigenvalue weighted by Gasteiger charge is 2.08. The van der Waals surface area contributed by atoms with Crippen molar-refractivity contribution in [2.24, 2.45) is 0 Å². The summed E-state index contributed by atoms with van der Waals surface area (Å²) in [5.74, 6) is 2.30. The van der Waals surface area contributed by atoms with Crippen LogP contribution in [0.1, 0.15) is 16.9 Å². The van der Waals surface area contributed by atoms with E-state index in [-0.39, 0.29) is 12.4 Å². The Balaban J connectivity index is 0.00000243. The first kappa shape index (κ1) is 20.2. The van der Waals surface area contributed by atoms with Crippen molar-refractivity contribution >= 4 is 11.6 Å². The average molecular weight is 393 g/mol. The van der Waals surface area contributed by atoms with Crippen LogP contribution < -0.4 is 27.2 Å². The van der Waals surface area contributed by atoms with Gasteiger partial charge >= 0.3 is 0 Å². The van der Waals surface area contributed by atoms with Crippen molar-refractivity contribution in [1.82, 2.24) is 5.32 Å². The molecule has 2 aromatic carbocycles. The highest BCUT2D eigenvalue weighted by atomic mass is 35.5. The van der Waals surface area contributed by atoms with Gasteiger partial charge in [-0.05, 0) is 35.9 Å². The summed E-state index contributed by atoms with van der Waals surface area (Å²) < 4.78 is 16.6. The van der Waals surface area contributed by atoms with Gasteiger partial charge in [-0.2, -0.15) is 0 Å². The lowest BCUT2D eigenvalue weighted by Gasteiger charge is -2.13. The SMILES string of the molecule is COc1cc(CNCc2ccco2)ccc1OCc1ccccc1Cl.[Cl-]. The summed E-state index contributed by atoms with van der Waals surface area (Å²) >= 11 is 6.16. The van der Waals surface area contributed by atoms with Gasteiger partial charge in [0.25, 0.3) is 0 Å². The van der Waals surface area contributed by atoms with Crippen molar-refractivity contribution in [2.45, 2.75) is 19.7 Å². The molecule has 0 aliphatic rings. The van der Waals surface area contributed by atoms with Gasteiger partial charge in [0.2, 0.25) is 0 Å². The molecule has 0 saturated heterocycles. The maximum Gasteiger partial charge on any atom is 0.161 e. The molecule has 0 saturated carbocycles. The van der Waals surface area contributed by atoms with Crippen molar-refractivity contribution < 1.29 is 26.3 Å². The predicted molar refractivity (Wildman–Crippen MR) is 98.0 cm³/mol. The lowest BCUT2D eigenvalue weighted by molar-refractivity contribution is -0.00000606. The number of hydrogen-bond donors (Lipinski definition) is 1. The summed E-state index contributed by atoms with van der Waals surface area (Å²) in [7, 11) is 1.64. The maximum absolute atomic E-state index is 6.16. The zero-order valence-corrected chi connectivity index (χ0v) is 15.9. The molecular weight excluding hydrogens is 373 g/mol. The van der Waals surface area contributed by atoms with E-state index in [4.69, 9.17) is 25.5 Å². The van der Waals surface area contributed by atoms with E-state index >= 15 is 0 Å². The molecule has 1 N–H and O–H groups in total. The predicted octanol–water partition coefficient (Wildman–Crippen LogP) is 1.81. The van der Waals surface area contributed by atoms with E-state index in [1.54, 1.807) is 13.4 Å². The summed E-state index contributed by atoms with van der Waals surface area (Å²) in [5.41, 5.74) is 2.05. The standard InChI is InChI=1S/C20H20ClNO3.ClH/c1-23-20-11-15(12-22-13-17-6-4-10-24-17)8-9-19(20)25-14-16-5-2-3-7-18(16)21;/h2-11,22H,12-14H2,1H3;1H/p-1. The Kier molecular flexibility index (Phi) is 7.85. The van der Waals surface area contributed by atoms with Crippen LogP contribution in [0.5, 0.6) is 11.5 Å². The van der Waals surface area contributed by atoms with Gasteiger partial charge in [0, 0.05) is 17.1 Å². The van der Waals surface area contributed by atoms with Gasteiger partial charge < -0.3 is 31.6 Å². The Morgan fingerprint density at radius 1 is 1.00 bits per heavy atom. The number of nitrogens with one attached hydrogen (secondary N) is 1. The molecule has 0 aliphatic carbocycles. The van der Waals surface area contributed by atoms with E-state index in [2.05, 4.69) is 5.32 Å². The first-order valence-corrected chi connectivity index (χ1v) is 8.40. The molecule has 0 unspecified atom stereocenters. The summed E-state index contributed by atoms with van der Waals surface area (Å²) in [6.07, 6.45) is 1.67. The smallest absolute Gasteiger partial charge is 0.161 e. The molecule has 3 rings (SSSR count). The van der Waals surface area contributed by atoms with E-state index in [0.29, 0.717) is 36.2 Å². The molecule has 0 bridgehead atoms. The number of ether oxygens (including phenoxy) is 2. The number of furan rings is 1. The fourth-order valence-corrected chi connectivity index (χ4v) is 2.65. The Hall–Kier alpha value is -2.14. The lowest BCUT2D eigenvalue weighted by Crippen LogP contribution is -3.00. The number of rotatable bonds is 8. The highest BCUT2D eigenvalue weighted by molar-refractivity contribution is 6.31. The second kappa shape index (κ2) is 10.1.